The van der Waals surface area contributed by atoms with E-state index in [0.717, 1.165) is 12.1 Å². The first kappa shape index (κ1) is 12.9. The summed E-state index contributed by atoms with van der Waals surface area (Å²) in [4.78, 5) is 18.2. The number of halogens is 1. The molecule has 1 saturated heterocycles. The van der Waals surface area contributed by atoms with Gasteiger partial charge in [0.1, 0.15) is 0 Å². The number of carbonyl (C=O) groups is 1. The molecular weight excluding hydrogens is 304 g/mol. The van der Waals surface area contributed by atoms with Gasteiger partial charge >= 0.3 is 0 Å². The molecule has 0 aromatic carbocycles. The van der Waals surface area contributed by atoms with Crippen molar-refractivity contribution in [2.24, 2.45) is 16.8 Å². The van der Waals surface area contributed by atoms with Crippen molar-refractivity contribution in [1.29, 1.82) is 0 Å². The lowest BCUT2D eigenvalue weighted by Gasteiger charge is -2.30. The molecule has 0 radical (unpaired) electrons. The van der Waals surface area contributed by atoms with Crippen LogP contribution in [0.5, 0.6) is 0 Å². The van der Waals surface area contributed by atoms with Gasteiger partial charge in [-0.25, -0.2) is 0 Å². The van der Waals surface area contributed by atoms with E-state index in [0.29, 0.717) is 23.1 Å². The highest BCUT2D eigenvalue weighted by Crippen LogP contribution is 2.43. The lowest BCUT2D eigenvalue weighted by Crippen LogP contribution is -2.22. The molecule has 0 saturated carbocycles. The highest BCUT2D eigenvalue weighted by Gasteiger charge is 2.39. The summed E-state index contributed by atoms with van der Waals surface area (Å²) < 4.78 is 0. The highest BCUT2D eigenvalue weighted by atomic mass is 79.9. The second-order valence-corrected chi connectivity index (χ2v) is 6.61. The van der Waals surface area contributed by atoms with E-state index in [4.69, 9.17) is 0 Å². The van der Waals surface area contributed by atoms with Gasteiger partial charge in [0.2, 0.25) is 5.91 Å². The summed E-state index contributed by atoms with van der Waals surface area (Å²) in [5, 5.41) is 0. The molecule has 1 aliphatic carbocycles. The fourth-order valence-corrected chi connectivity index (χ4v) is 3.65. The summed E-state index contributed by atoms with van der Waals surface area (Å²) >= 11 is 3.60. The number of likely N-dealkylation sites (tertiary alicyclic amines) is 1. The van der Waals surface area contributed by atoms with E-state index in [-0.39, 0.29) is 5.91 Å². The average molecular weight is 321 g/mol. The monoisotopic (exact) mass is 320 g/mol. The van der Waals surface area contributed by atoms with Gasteiger partial charge < -0.3 is 4.90 Å². The summed E-state index contributed by atoms with van der Waals surface area (Å²) in [6, 6.07) is 0. The molecule has 0 bridgehead atoms. The maximum Gasteiger partial charge on any atom is 0.227 e. The van der Waals surface area contributed by atoms with Crippen molar-refractivity contribution in [3.63, 3.8) is 0 Å². The van der Waals surface area contributed by atoms with Crippen molar-refractivity contribution in [2.45, 2.75) is 24.6 Å². The molecule has 3 aliphatic rings. The third-order valence-electron chi connectivity index (χ3n) is 4.33. The maximum atomic E-state index is 11.8. The fraction of sp³-hybridized carbons (Fsp3) is 0.467. The van der Waals surface area contributed by atoms with Crippen LogP contribution in [0.1, 0.15) is 19.8 Å². The van der Waals surface area contributed by atoms with Crippen molar-refractivity contribution in [2.75, 3.05) is 7.05 Å². The second-order valence-electron chi connectivity index (χ2n) is 5.44. The molecule has 2 aliphatic heterocycles. The van der Waals surface area contributed by atoms with Gasteiger partial charge in [-0.1, -0.05) is 28.9 Å². The van der Waals surface area contributed by atoms with Gasteiger partial charge in [-0.3, -0.25) is 9.79 Å². The quantitative estimate of drug-likeness (QED) is 0.683. The van der Waals surface area contributed by atoms with E-state index in [2.05, 4.69) is 40.0 Å². The molecule has 3 unspecified atom stereocenters. The Bertz CT molecular complexity index is 544. The van der Waals surface area contributed by atoms with E-state index in [1.54, 1.807) is 4.90 Å². The molecule has 0 spiro atoms. The van der Waals surface area contributed by atoms with Crippen molar-refractivity contribution in [3.05, 3.63) is 35.2 Å². The second kappa shape index (κ2) is 4.75. The smallest absolute Gasteiger partial charge is 0.227 e. The SMILES string of the molecule is CC1C(C2=CN=CC(Br)C2)=CC=C2C1CC(=O)N2C. The zero-order valence-electron chi connectivity index (χ0n) is 11.1. The van der Waals surface area contributed by atoms with Crippen LogP contribution < -0.4 is 0 Å². The van der Waals surface area contributed by atoms with Crippen LogP contribution >= 0.6 is 15.9 Å². The summed E-state index contributed by atoms with van der Waals surface area (Å²) in [5.74, 6) is 0.943. The number of nitrogens with zero attached hydrogens (tertiary/aromatic N) is 2. The Hall–Kier alpha value is -1.16. The van der Waals surface area contributed by atoms with E-state index in [1.807, 2.05) is 19.5 Å². The molecule has 0 aromatic heterocycles. The number of fused-ring (bicyclic) bond motifs is 1. The molecule has 0 N–H and O–H groups in total. The van der Waals surface area contributed by atoms with Crippen LogP contribution in [-0.4, -0.2) is 28.9 Å². The van der Waals surface area contributed by atoms with Gasteiger partial charge in [-0.2, -0.15) is 0 Å². The zero-order chi connectivity index (χ0) is 13.6. The first-order chi connectivity index (χ1) is 9.08. The average Bonchev–Trinajstić information content (AvgIpc) is 2.67. The number of amides is 1. The number of carbonyl (C=O) groups excluding carboxylic acids is 1. The molecule has 3 atom stereocenters. The van der Waals surface area contributed by atoms with Crippen LogP contribution in [-0.2, 0) is 4.79 Å². The van der Waals surface area contributed by atoms with Crippen molar-refractivity contribution in [1.82, 2.24) is 4.90 Å². The van der Waals surface area contributed by atoms with Gasteiger partial charge in [0, 0.05) is 37.5 Å². The van der Waals surface area contributed by atoms with Crippen molar-refractivity contribution in [3.8, 4) is 0 Å². The highest BCUT2D eigenvalue weighted by molar-refractivity contribution is 9.10. The number of alkyl halides is 1. The molecule has 3 rings (SSSR count). The maximum absolute atomic E-state index is 11.8. The van der Waals surface area contributed by atoms with Gasteiger partial charge in [-0.05, 0) is 29.6 Å². The number of aliphatic imine (C=N–C) groups is 1. The summed E-state index contributed by atoms with van der Waals surface area (Å²) in [7, 11) is 1.87. The normalized spacial score (nSPS) is 33.8. The first-order valence-electron chi connectivity index (χ1n) is 6.63. The van der Waals surface area contributed by atoms with Gasteiger partial charge in [0.05, 0.1) is 4.83 Å². The summed E-state index contributed by atoms with van der Waals surface area (Å²) in [5.41, 5.74) is 3.78. The minimum absolute atomic E-state index is 0.228. The standard InChI is InChI=1S/C15H17BrN2O/c1-9-12(10-5-11(16)8-17-7-10)3-4-14-13(9)6-15(19)18(14)2/h3-4,7-9,11,13H,5-6H2,1-2H3. The molecule has 0 aromatic rings. The van der Waals surface area contributed by atoms with E-state index < -0.39 is 0 Å². The van der Waals surface area contributed by atoms with E-state index >= 15 is 0 Å². The minimum Gasteiger partial charge on any atom is -0.319 e. The molecule has 19 heavy (non-hydrogen) atoms. The van der Waals surface area contributed by atoms with Crippen molar-refractivity contribution < 1.29 is 4.79 Å². The van der Waals surface area contributed by atoms with Gasteiger partial charge in [0.25, 0.3) is 0 Å². The first-order valence-corrected chi connectivity index (χ1v) is 7.54. The molecule has 1 fully saturated rings. The zero-order valence-corrected chi connectivity index (χ0v) is 12.7. The Balaban J connectivity index is 1.92. The van der Waals surface area contributed by atoms with Crippen LogP contribution in [0, 0.1) is 11.8 Å². The fourth-order valence-electron chi connectivity index (χ4n) is 3.17. The molecule has 100 valence electrons. The summed E-state index contributed by atoms with van der Waals surface area (Å²) in [6.07, 6.45) is 9.75. The lowest BCUT2D eigenvalue weighted by atomic mass is 9.77. The lowest BCUT2D eigenvalue weighted by molar-refractivity contribution is -0.125. The Kier molecular flexibility index (Phi) is 3.21. The topological polar surface area (TPSA) is 32.7 Å². The van der Waals surface area contributed by atoms with Gasteiger partial charge in [-0.15, -0.1) is 0 Å². The van der Waals surface area contributed by atoms with Crippen LogP contribution in [0.4, 0.5) is 0 Å². The van der Waals surface area contributed by atoms with E-state index in [1.165, 1.54) is 11.1 Å². The number of hydrogen-bond acceptors (Lipinski definition) is 2. The molecule has 3 nitrogen and oxygen atoms in total. The number of hydrogen-bond donors (Lipinski definition) is 0. The molecule has 2 heterocycles. The van der Waals surface area contributed by atoms with Gasteiger partial charge in [0.15, 0.2) is 0 Å². The number of allylic oxidation sites excluding steroid dienone is 5. The predicted octanol–water partition coefficient (Wildman–Crippen LogP) is 3.05. The van der Waals surface area contributed by atoms with Crippen LogP contribution in [0.2, 0.25) is 0 Å². The largest absolute Gasteiger partial charge is 0.319 e. The predicted molar refractivity (Wildman–Crippen MR) is 80.1 cm³/mol. The Labute approximate surface area is 121 Å². The Morgan fingerprint density at radius 3 is 2.89 bits per heavy atom. The Morgan fingerprint density at radius 2 is 2.16 bits per heavy atom. The number of rotatable bonds is 1. The minimum atomic E-state index is 0.228. The van der Waals surface area contributed by atoms with Crippen LogP contribution in [0.15, 0.2) is 40.2 Å². The van der Waals surface area contributed by atoms with Crippen molar-refractivity contribution >= 4 is 28.1 Å². The van der Waals surface area contributed by atoms with Crippen LogP contribution in [0.25, 0.3) is 0 Å². The van der Waals surface area contributed by atoms with Crippen LogP contribution in [0.3, 0.4) is 0 Å². The third-order valence-corrected chi connectivity index (χ3v) is 4.89. The summed E-state index contributed by atoms with van der Waals surface area (Å²) in [6.45, 7) is 2.22. The molecular formula is C15H17BrN2O. The van der Waals surface area contributed by atoms with E-state index in [9.17, 15) is 4.79 Å². The molecule has 1 amide bonds. The Morgan fingerprint density at radius 1 is 1.37 bits per heavy atom. The molecule has 4 heteroatoms. The third kappa shape index (κ3) is 2.12.